The van der Waals surface area contributed by atoms with Crippen LogP contribution in [0.15, 0.2) is 46.6 Å². The molecule has 0 saturated heterocycles. The van der Waals surface area contributed by atoms with Crippen molar-refractivity contribution in [2.75, 3.05) is 0 Å². The number of aromatic amines is 1. The van der Waals surface area contributed by atoms with Crippen molar-refractivity contribution in [3.05, 3.63) is 68.1 Å². The Hall–Kier alpha value is -2.60. The molecule has 4 rings (SSSR count). The Balaban J connectivity index is 1.58. The number of aromatic nitrogens is 1. The Morgan fingerprint density at radius 3 is 2.76 bits per heavy atom. The molecule has 1 aliphatic rings. The largest absolute Gasteiger partial charge is 0.335 e. The van der Waals surface area contributed by atoms with Crippen molar-refractivity contribution in [1.82, 2.24) is 15.2 Å². The summed E-state index contributed by atoms with van der Waals surface area (Å²) < 4.78 is 0. The lowest BCUT2D eigenvalue weighted by Gasteiger charge is -2.28. The van der Waals surface area contributed by atoms with Crippen LogP contribution in [0.5, 0.6) is 0 Å². The lowest BCUT2D eigenvalue weighted by molar-refractivity contribution is 0.185. The van der Waals surface area contributed by atoms with Gasteiger partial charge in [-0.05, 0) is 54.3 Å². The summed E-state index contributed by atoms with van der Waals surface area (Å²) in [4.78, 5) is 31.6. The van der Waals surface area contributed by atoms with Gasteiger partial charge in [0.2, 0.25) is 0 Å². The highest BCUT2D eigenvalue weighted by Crippen LogP contribution is 2.20. The number of aryl methyl sites for hydroxylation is 1. The first-order chi connectivity index (χ1) is 14.1. The molecular weight excluding hydrogens is 382 g/mol. The molecule has 2 amide bonds. The van der Waals surface area contributed by atoms with Crippen LogP contribution in [0.2, 0.25) is 0 Å². The van der Waals surface area contributed by atoms with E-state index in [1.807, 2.05) is 48.7 Å². The highest BCUT2D eigenvalue weighted by Gasteiger charge is 2.21. The van der Waals surface area contributed by atoms with Gasteiger partial charge in [0.25, 0.3) is 5.56 Å². The van der Waals surface area contributed by atoms with Crippen molar-refractivity contribution < 1.29 is 4.79 Å². The molecule has 6 heteroatoms. The molecule has 1 saturated carbocycles. The summed E-state index contributed by atoms with van der Waals surface area (Å²) in [5.74, 6) is 0. The molecule has 1 fully saturated rings. The van der Waals surface area contributed by atoms with Crippen LogP contribution in [-0.2, 0) is 13.1 Å². The van der Waals surface area contributed by atoms with Gasteiger partial charge in [0.15, 0.2) is 0 Å². The molecule has 2 heterocycles. The molecule has 29 heavy (non-hydrogen) atoms. The minimum absolute atomic E-state index is 0.0892. The predicted octanol–water partition coefficient (Wildman–Crippen LogP) is 4.94. The van der Waals surface area contributed by atoms with Gasteiger partial charge in [0.05, 0.1) is 13.1 Å². The minimum atomic E-state index is -0.134. The quantitative estimate of drug-likeness (QED) is 0.627. The van der Waals surface area contributed by atoms with Crippen molar-refractivity contribution >= 4 is 28.3 Å². The number of hydrogen-bond acceptors (Lipinski definition) is 3. The summed E-state index contributed by atoms with van der Waals surface area (Å²) in [7, 11) is 0. The van der Waals surface area contributed by atoms with Crippen molar-refractivity contribution in [2.45, 2.75) is 58.2 Å². The van der Waals surface area contributed by atoms with Crippen molar-refractivity contribution in [1.29, 1.82) is 0 Å². The Morgan fingerprint density at radius 1 is 1.17 bits per heavy atom. The molecule has 0 unspecified atom stereocenters. The Bertz CT molecular complexity index is 1040. The fraction of sp³-hybridized carbons (Fsp3) is 0.391. The number of amides is 2. The summed E-state index contributed by atoms with van der Waals surface area (Å²) in [5, 5.41) is 6.19. The maximum absolute atomic E-state index is 13.1. The van der Waals surface area contributed by atoms with Crippen LogP contribution in [-0.4, -0.2) is 22.0 Å². The molecule has 0 atom stereocenters. The molecule has 1 aromatic carbocycles. The van der Waals surface area contributed by atoms with Crippen LogP contribution in [0.25, 0.3) is 10.9 Å². The molecule has 0 aliphatic heterocycles. The summed E-state index contributed by atoms with van der Waals surface area (Å²) in [6, 6.07) is 12.1. The number of rotatable bonds is 5. The number of carbonyl (C=O) groups is 1. The third-order valence-electron chi connectivity index (χ3n) is 5.59. The molecular formula is C23H27N3O2S. The molecule has 0 bridgehead atoms. The van der Waals surface area contributed by atoms with E-state index in [0.717, 1.165) is 34.2 Å². The lowest BCUT2D eigenvalue weighted by Crippen LogP contribution is -2.45. The van der Waals surface area contributed by atoms with Gasteiger partial charge >= 0.3 is 6.03 Å². The number of hydrogen-bond donors (Lipinski definition) is 2. The third kappa shape index (κ3) is 4.88. The Kier molecular flexibility index (Phi) is 6.00. The standard InChI is InChI=1S/C23H27N3O2S/c1-16-9-10-17-13-18(22(27)25-21(17)12-16)14-26(15-20-8-5-11-29-20)23(28)24-19-6-3-2-4-7-19/h5,8-13,19H,2-4,6-7,14-15H2,1H3,(H,24,28)(H,25,27). The van der Waals surface area contributed by atoms with Crippen LogP contribution in [0.3, 0.4) is 0 Å². The van der Waals surface area contributed by atoms with Crippen molar-refractivity contribution in [2.24, 2.45) is 0 Å². The minimum Gasteiger partial charge on any atom is -0.335 e. The van der Waals surface area contributed by atoms with E-state index in [9.17, 15) is 9.59 Å². The third-order valence-corrected chi connectivity index (χ3v) is 6.45. The number of H-pyrrole nitrogens is 1. The van der Waals surface area contributed by atoms with E-state index < -0.39 is 0 Å². The number of pyridine rings is 1. The van der Waals surface area contributed by atoms with E-state index in [2.05, 4.69) is 10.3 Å². The second-order valence-corrected chi connectivity index (χ2v) is 8.97. The average molecular weight is 410 g/mol. The average Bonchev–Trinajstić information content (AvgIpc) is 3.22. The first-order valence-corrected chi connectivity index (χ1v) is 11.2. The lowest BCUT2D eigenvalue weighted by atomic mass is 9.96. The van der Waals surface area contributed by atoms with E-state index in [0.29, 0.717) is 12.1 Å². The van der Waals surface area contributed by atoms with Gasteiger partial charge in [0.1, 0.15) is 0 Å². The van der Waals surface area contributed by atoms with Crippen LogP contribution in [0, 0.1) is 6.92 Å². The van der Waals surface area contributed by atoms with Gasteiger partial charge < -0.3 is 15.2 Å². The van der Waals surface area contributed by atoms with Gasteiger partial charge in [-0.3, -0.25) is 4.79 Å². The second kappa shape index (κ2) is 8.82. The SMILES string of the molecule is Cc1ccc2cc(CN(Cc3cccs3)C(=O)NC3CCCCC3)c(=O)[nH]c2c1. The fourth-order valence-electron chi connectivity index (χ4n) is 3.99. The normalized spacial score (nSPS) is 14.8. The zero-order valence-electron chi connectivity index (χ0n) is 16.7. The molecule has 3 aromatic rings. The number of nitrogens with one attached hydrogen (secondary N) is 2. The zero-order valence-corrected chi connectivity index (χ0v) is 17.6. The van der Waals surface area contributed by atoms with E-state index in [-0.39, 0.29) is 24.2 Å². The zero-order chi connectivity index (χ0) is 20.2. The Morgan fingerprint density at radius 2 is 2.00 bits per heavy atom. The van der Waals surface area contributed by atoms with Crippen molar-refractivity contribution in [3.63, 3.8) is 0 Å². The van der Waals surface area contributed by atoms with Crippen LogP contribution < -0.4 is 10.9 Å². The maximum atomic E-state index is 13.1. The molecule has 0 spiro atoms. The topological polar surface area (TPSA) is 65.2 Å². The van der Waals surface area contributed by atoms with Gasteiger partial charge in [-0.15, -0.1) is 11.3 Å². The number of nitrogens with zero attached hydrogens (tertiary/aromatic N) is 1. The van der Waals surface area contributed by atoms with E-state index >= 15 is 0 Å². The summed E-state index contributed by atoms with van der Waals surface area (Å²) in [5.41, 5.74) is 2.41. The highest BCUT2D eigenvalue weighted by atomic mass is 32.1. The van der Waals surface area contributed by atoms with Gasteiger partial charge in [-0.2, -0.15) is 0 Å². The molecule has 0 radical (unpaired) electrons. The summed E-state index contributed by atoms with van der Waals surface area (Å²) in [6.07, 6.45) is 5.65. The van der Waals surface area contributed by atoms with Crippen LogP contribution in [0.4, 0.5) is 4.79 Å². The van der Waals surface area contributed by atoms with Gasteiger partial charge in [0, 0.05) is 22.0 Å². The molecule has 2 aromatic heterocycles. The van der Waals surface area contributed by atoms with E-state index in [1.54, 1.807) is 16.2 Å². The van der Waals surface area contributed by atoms with Crippen LogP contribution in [0.1, 0.15) is 48.1 Å². The predicted molar refractivity (Wildman–Crippen MR) is 118 cm³/mol. The number of fused-ring (bicyclic) bond motifs is 1. The number of benzene rings is 1. The molecule has 5 nitrogen and oxygen atoms in total. The van der Waals surface area contributed by atoms with E-state index in [4.69, 9.17) is 0 Å². The maximum Gasteiger partial charge on any atom is 0.318 e. The first-order valence-electron chi connectivity index (χ1n) is 10.3. The number of thiophene rings is 1. The highest BCUT2D eigenvalue weighted by molar-refractivity contribution is 7.09. The molecule has 1 aliphatic carbocycles. The van der Waals surface area contributed by atoms with Gasteiger partial charge in [-0.1, -0.05) is 37.5 Å². The van der Waals surface area contributed by atoms with Crippen molar-refractivity contribution in [3.8, 4) is 0 Å². The smallest absolute Gasteiger partial charge is 0.318 e. The molecule has 152 valence electrons. The summed E-state index contributed by atoms with van der Waals surface area (Å²) in [6.45, 7) is 2.79. The van der Waals surface area contributed by atoms with Crippen LogP contribution >= 0.6 is 11.3 Å². The summed E-state index contributed by atoms with van der Waals surface area (Å²) >= 11 is 1.63. The monoisotopic (exact) mass is 409 g/mol. The fourth-order valence-corrected chi connectivity index (χ4v) is 4.71. The van der Waals surface area contributed by atoms with Gasteiger partial charge in [-0.25, -0.2) is 4.79 Å². The number of urea groups is 1. The number of carbonyl (C=O) groups excluding carboxylic acids is 1. The second-order valence-electron chi connectivity index (χ2n) is 7.93. The Labute approximate surface area is 174 Å². The molecule has 2 N–H and O–H groups in total. The van der Waals surface area contributed by atoms with E-state index in [1.165, 1.54) is 19.3 Å². The first kappa shape index (κ1) is 19.7.